The fraction of sp³-hybridized carbons (Fsp3) is 0.103. The third-order valence-corrected chi connectivity index (χ3v) is 13.1. The van der Waals surface area contributed by atoms with Gasteiger partial charge in [0.1, 0.15) is 11.6 Å². The van der Waals surface area contributed by atoms with E-state index in [0.717, 1.165) is 99.6 Å². The molecule has 0 unspecified atom stereocenters. The van der Waals surface area contributed by atoms with E-state index < -0.39 is 0 Å². The second-order valence-corrected chi connectivity index (χ2v) is 17.5. The summed E-state index contributed by atoms with van der Waals surface area (Å²) < 4.78 is 7.13. The zero-order chi connectivity index (χ0) is 43.2. The number of para-hydroxylation sites is 5. The Morgan fingerprint density at radius 2 is 1.06 bits per heavy atom. The standard InChI is InChI=1S/C58H45N5O/c1-35(2)41-22-15-23-42(36(3)4)57(41)63-48-25-14-13-24-45(48)60-58(63)38-26-29-47-44(34-38)54-49(61(47)39-17-7-5-8-18-39)31-32-50-55(54)56-51(62(50)40-19-9-6-10-20-40)30-28-46(59-56)53-43-21-12-11-16-37(43)27-33-52(53)64/h5-36,64H,1-4H3. The van der Waals surface area contributed by atoms with E-state index in [1.165, 1.54) is 16.8 Å². The molecule has 0 bridgehead atoms. The minimum atomic E-state index is 0.204. The molecule has 6 nitrogen and oxygen atoms in total. The topological polar surface area (TPSA) is 60.8 Å². The Bertz CT molecular complexity index is 3770. The third kappa shape index (κ3) is 5.65. The first-order valence-corrected chi connectivity index (χ1v) is 22.2. The number of benzene rings is 8. The normalized spacial score (nSPS) is 12.1. The Morgan fingerprint density at radius 3 is 1.78 bits per heavy atom. The zero-order valence-corrected chi connectivity index (χ0v) is 36.2. The van der Waals surface area contributed by atoms with Crippen LogP contribution in [0.2, 0.25) is 0 Å². The van der Waals surface area contributed by atoms with Gasteiger partial charge >= 0.3 is 0 Å². The molecular weight excluding hydrogens is 783 g/mol. The Morgan fingerprint density at radius 1 is 0.453 bits per heavy atom. The summed E-state index contributed by atoms with van der Waals surface area (Å²) >= 11 is 0. The van der Waals surface area contributed by atoms with Gasteiger partial charge < -0.3 is 14.2 Å². The van der Waals surface area contributed by atoms with Crippen molar-refractivity contribution in [1.82, 2.24) is 23.7 Å². The summed E-state index contributed by atoms with van der Waals surface area (Å²) in [7, 11) is 0. The first-order chi connectivity index (χ1) is 31.4. The maximum absolute atomic E-state index is 11.5. The number of nitrogens with zero attached hydrogens (tertiary/aromatic N) is 5. The van der Waals surface area contributed by atoms with Crippen molar-refractivity contribution in [3.8, 4) is 45.5 Å². The molecule has 0 aliphatic rings. The SMILES string of the molecule is CC(C)c1cccc(C(C)C)c1-n1c(-c2ccc3c(c2)c2c4c5nc(-c6c(O)ccc7ccccc67)ccc5n(-c5ccccc5)c4ccc2n3-c2ccccc2)nc2ccccc21. The molecule has 0 spiro atoms. The largest absolute Gasteiger partial charge is 0.507 e. The molecule has 1 N–H and O–H groups in total. The predicted octanol–water partition coefficient (Wildman–Crippen LogP) is 15.1. The number of aromatic hydroxyl groups is 1. The van der Waals surface area contributed by atoms with Crippen molar-refractivity contribution < 1.29 is 5.11 Å². The smallest absolute Gasteiger partial charge is 0.145 e. The maximum atomic E-state index is 11.5. The summed E-state index contributed by atoms with van der Waals surface area (Å²) in [4.78, 5) is 11.0. The predicted molar refractivity (Wildman–Crippen MR) is 266 cm³/mol. The van der Waals surface area contributed by atoms with Crippen molar-refractivity contribution >= 4 is 65.5 Å². The quantitative estimate of drug-likeness (QED) is 0.174. The van der Waals surface area contributed by atoms with Gasteiger partial charge in [0, 0.05) is 38.7 Å². The summed E-state index contributed by atoms with van der Waals surface area (Å²) in [5.74, 6) is 1.72. The van der Waals surface area contributed by atoms with Crippen LogP contribution in [0.1, 0.15) is 50.7 Å². The molecule has 0 saturated heterocycles. The van der Waals surface area contributed by atoms with E-state index in [4.69, 9.17) is 9.97 Å². The number of pyridine rings is 1. The van der Waals surface area contributed by atoms with E-state index >= 15 is 0 Å². The first-order valence-electron chi connectivity index (χ1n) is 22.2. The highest BCUT2D eigenvalue weighted by molar-refractivity contribution is 6.28. The summed E-state index contributed by atoms with van der Waals surface area (Å²) in [5.41, 5.74) is 15.5. The molecule has 12 rings (SSSR count). The summed E-state index contributed by atoms with van der Waals surface area (Å²) in [6, 6.07) is 64.0. The number of fused-ring (bicyclic) bond motifs is 9. The molecule has 0 atom stereocenters. The number of hydrogen-bond acceptors (Lipinski definition) is 3. The Kier molecular flexibility index (Phi) is 8.60. The van der Waals surface area contributed by atoms with E-state index in [1.54, 1.807) is 6.07 Å². The molecule has 6 heteroatoms. The van der Waals surface area contributed by atoms with Gasteiger partial charge in [-0.15, -0.1) is 0 Å². The highest BCUT2D eigenvalue weighted by atomic mass is 16.3. The molecule has 4 heterocycles. The number of aromatic nitrogens is 5. The van der Waals surface area contributed by atoms with Gasteiger partial charge in [0.2, 0.25) is 0 Å². The molecule has 12 aromatic rings. The third-order valence-electron chi connectivity index (χ3n) is 13.1. The second kappa shape index (κ2) is 14.6. The minimum Gasteiger partial charge on any atom is -0.507 e. The van der Waals surface area contributed by atoms with E-state index in [-0.39, 0.29) is 5.75 Å². The number of hydrogen-bond donors (Lipinski definition) is 1. The van der Waals surface area contributed by atoms with Gasteiger partial charge in [0.05, 0.1) is 50.0 Å². The van der Waals surface area contributed by atoms with Crippen molar-refractivity contribution in [3.05, 3.63) is 193 Å². The van der Waals surface area contributed by atoms with Crippen molar-refractivity contribution in [1.29, 1.82) is 0 Å². The van der Waals surface area contributed by atoms with E-state index in [0.29, 0.717) is 11.8 Å². The minimum absolute atomic E-state index is 0.204. The lowest BCUT2D eigenvalue weighted by atomic mass is 9.92. The highest BCUT2D eigenvalue weighted by Crippen LogP contribution is 2.45. The van der Waals surface area contributed by atoms with Gasteiger partial charge in [0.25, 0.3) is 0 Å². The number of imidazole rings is 1. The van der Waals surface area contributed by atoms with Crippen LogP contribution in [0.3, 0.4) is 0 Å². The Balaban J connectivity index is 1.23. The van der Waals surface area contributed by atoms with E-state index in [9.17, 15) is 5.11 Å². The van der Waals surface area contributed by atoms with Gasteiger partial charge in [-0.3, -0.25) is 4.57 Å². The van der Waals surface area contributed by atoms with Crippen LogP contribution >= 0.6 is 0 Å². The van der Waals surface area contributed by atoms with E-state index in [2.05, 4.69) is 199 Å². The van der Waals surface area contributed by atoms with Crippen molar-refractivity contribution in [2.45, 2.75) is 39.5 Å². The molecule has 0 aliphatic carbocycles. The van der Waals surface area contributed by atoms with Gasteiger partial charge in [-0.2, -0.15) is 0 Å². The van der Waals surface area contributed by atoms with Crippen LogP contribution in [0, 0.1) is 0 Å². The Labute approximate surface area is 370 Å². The maximum Gasteiger partial charge on any atom is 0.145 e. The fourth-order valence-corrected chi connectivity index (χ4v) is 10.2. The average molecular weight is 828 g/mol. The molecule has 0 saturated carbocycles. The molecule has 0 radical (unpaired) electrons. The van der Waals surface area contributed by atoms with Crippen LogP contribution < -0.4 is 0 Å². The van der Waals surface area contributed by atoms with E-state index in [1.807, 2.05) is 18.2 Å². The molecule has 0 fully saturated rings. The monoisotopic (exact) mass is 827 g/mol. The zero-order valence-electron chi connectivity index (χ0n) is 36.2. The summed E-state index contributed by atoms with van der Waals surface area (Å²) in [6.45, 7) is 9.13. The van der Waals surface area contributed by atoms with Gasteiger partial charge in [-0.05, 0) is 119 Å². The number of phenols is 1. The van der Waals surface area contributed by atoms with Crippen LogP contribution in [0.15, 0.2) is 182 Å². The second-order valence-electron chi connectivity index (χ2n) is 17.5. The van der Waals surface area contributed by atoms with Gasteiger partial charge in [-0.25, -0.2) is 9.97 Å². The molecule has 0 aliphatic heterocycles. The average Bonchev–Trinajstić information content (AvgIpc) is 3.99. The molecule has 64 heavy (non-hydrogen) atoms. The van der Waals surface area contributed by atoms with Crippen LogP contribution in [-0.2, 0) is 0 Å². The molecule has 0 amide bonds. The number of phenolic OH excluding ortho intramolecular Hbond substituents is 1. The van der Waals surface area contributed by atoms with Gasteiger partial charge in [-0.1, -0.05) is 125 Å². The van der Waals surface area contributed by atoms with Crippen molar-refractivity contribution in [2.75, 3.05) is 0 Å². The van der Waals surface area contributed by atoms with Crippen LogP contribution in [0.25, 0.3) is 105 Å². The molecule has 308 valence electrons. The summed E-state index contributed by atoms with van der Waals surface area (Å²) in [6.07, 6.45) is 0. The first kappa shape index (κ1) is 37.8. The van der Waals surface area contributed by atoms with Crippen LogP contribution in [0.4, 0.5) is 0 Å². The molecular formula is C58H45N5O. The fourth-order valence-electron chi connectivity index (χ4n) is 10.2. The lowest BCUT2D eigenvalue weighted by Crippen LogP contribution is -2.08. The lowest BCUT2D eigenvalue weighted by Gasteiger charge is -2.22. The van der Waals surface area contributed by atoms with Crippen molar-refractivity contribution in [2.24, 2.45) is 0 Å². The van der Waals surface area contributed by atoms with Crippen molar-refractivity contribution in [3.63, 3.8) is 0 Å². The van der Waals surface area contributed by atoms with Crippen LogP contribution in [0.5, 0.6) is 5.75 Å². The van der Waals surface area contributed by atoms with Crippen LogP contribution in [-0.4, -0.2) is 28.8 Å². The Hall–Kier alpha value is -7.96. The van der Waals surface area contributed by atoms with Gasteiger partial charge in [0.15, 0.2) is 0 Å². The molecule has 8 aromatic carbocycles. The number of rotatable bonds is 7. The molecule has 4 aromatic heterocycles. The summed E-state index contributed by atoms with van der Waals surface area (Å²) in [5, 5.41) is 16.8. The lowest BCUT2D eigenvalue weighted by molar-refractivity contribution is 0.478. The highest BCUT2D eigenvalue weighted by Gasteiger charge is 2.26.